The molecule has 118 valence electrons. The molecule has 0 aromatic carbocycles. The lowest BCUT2D eigenvalue weighted by Gasteiger charge is -2.28. The number of hydrogen-bond donors (Lipinski definition) is 2. The molecule has 2 rings (SSSR count). The normalized spacial score (nSPS) is 17.5. The molecule has 1 fully saturated rings. The van der Waals surface area contributed by atoms with E-state index in [-0.39, 0.29) is 0 Å². The minimum absolute atomic E-state index is 0.480. The first-order valence-corrected chi connectivity index (χ1v) is 9.39. The average molecular weight is 308 g/mol. The van der Waals surface area contributed by atoms with Gasteiger partial charge in [-0.1, -0.05) is 37.9 Å². The summed E-state index contributed by atoms with van der Waals surface area (Å²) in [6.07, 6.45) is 9.95. The zero-order valence-electron chi connectivity index (χ0n) is 13.5. The number of thioether (sulfide) groups is 1. The van der Waals surface area contributed by atoms with Crippen molar-refractivity contribution in [3.05, 3.63) is 6.07 Å². The van der Waals surface area contributed by atoms with Crippen LogP contribution in [-0.4, -0.2) is 28.8 Å². The topological polar surface area (TPSA) is 49.8 Å². The van der Waals surface area contributed by atoms with Crippen LogP contribution in [0.2, 0.25) is 0 Å². The fourth-order valence-corrected chi connectivity index (χ4v) is 3.30. The first-order chi connectivity index (χ1) is 10.2. The third-order valence-corrected chi connectivity index (χ3v) is 4.72. The van der Waals surface area contributed by atoms with Crippen LogP contribution >= 0.6 is 11.8 Å². The first-order valence-electron chi connectivity index (χ1n) is 8.16. The number of rotatable bonds is 7. The van der Waals surface area contributed by atoms with Crippen molar-refractivity contribution < 1.29 is 0 Å². The standard InChI is InChI=1S/C16H28N4S/c1-4-10-17-14-11-15(20-16(19-14)21-3)18-12(2)13-8-6-5-7-9-13/h11-13H,4-10H2,1-3H3,(H2,17,18,19,20). The maximum atomic E-state index is 4.60. The fraction of sp³-hybridized carbons (Fsp3) is 0.750. The number of nitrogens with zero attached hydrogens (tertiary/aromatic N) is 2. The van der Waals surface area contributed by atoms with E-state index in [0.29, 0.717) is 6.04 Å². The van der Waals surface area contributed by atoms with E-state index in [1.807, 2.05) is 12.3 Å². The summed E-state index contributed by atoms with van der Waals surface area (Å²) in [5.41, 5.74) is 0. The van der Waals surface area contributed by atoms with Gasteiger partial charge in [-0.05, 0) is 38.4 Å². The maximum absolute atomic E-state index is 4.60. The molecule has 1 aliphatic rings. The van der Waals surface area contributed by atoms with E-state index in [0.717, 1.165) is 35.7 Å². The van der Waals surface area contributed by atoms with Crippen molar-refractivity contribution in [2.45, 2.75) is 63.6 Å². The predicted octanol–water partition coefficient (Wildman–Crippen LogP) is 4.40. The van der Waals surface area contributed by atoms with Gasteiger partial charge in [-0.2, -0.15) is 0 Å². The third kappa shape index (κ3) is 5.06. The molecule has 1 atom stereocenters. The van der Waals surface area contributed by atoms with E-state index >= 15 is 0 Å². The molecule has 1 aromatic rings. The lowest BCUT2D eigenvalue weighted by Crippen LogP contribution is -2.28. The molecule has 1 saturated carbocycles. The number of nitrogens with one attached hydrogen (secondary N) is 2. The van der Waals surface area contributed by atoms with Gasteiger partial charge in [0.15, 0.2) is 5.16 Å². The van der Waals surface area contributed by atoms with Gasteiger partial charge < -0.3 is 10.6 Å². The van der Waals surface area contributed by atoms with Crippen LogP contribution in [-0.2, 0) is 0 Å². The van der Waals surface area contributed by atoms with Crippen molar-refractivity contribution in [3.63, 3.8) is 0 Å². The summed E-state index contributed by atoms with van der Waals surface area (Å²) in [5.74, 6) is 2.65. The minimum atomic E-state index is 0.480. The van der Waals surface area contributed by atoms with Crippen molar-refractivity contribution in [1.82, 2.24) is 9.97 Å². The van der Waals surface area contributed by atoms with Gasteiger partial charge >= 0.3 is 0 Å². The fourth-order valence-electron chi connectivity index (χ4n) is 2.92. The maximum Gasteiger partial charge on any atom is 0.191 e. The molecule has 21 heavy (non-hydrogen) atoms. The summed E-state index contributed by atoms with van der Waals surface area (Å²) >= 11 is 1.59. The van der Waals surface area contributed by atoms with Gasteiger partial charge in [0.2, 0.25) is 0 Å². The van der Waals surface area contributed by atoms with Crippen molar-refractivity contribution >= 4 is 23.4 Å². The molecule has 1 unspecified atom stereocenters. The SMILES string of the molecule is CCCNc1cc(NC(C)C2CCCCC2)nc(SC)n1. The molecule has 5 heteroatoms. The molecule has 2 N–H and O–H groups in total. The Morgan fingerprint density at radius 1 is 1.24 bits per heavy atom. The molecule has 4 nitrogen and oxygen atoms in total. The molecule has 0 radical (unpaired) electrons. The first kappa shape index (κ1) is 16.4. The Hall–Kier alpha value is -0.970. The van der Waals surface area contributed by atoms with E-state index in [1.54, 1.807) is 11.8 Å². The van der Waals surface area contributed by atoms with E-state index < -0.39 is 0 Å². The van der Waals surface area contributed by atoms with Crippen LogP contribution in [0.5, 0.6) is 0 Å². The van der Waals surface area contributed by atoms with Crippen molar-refractivity contribution in [2.24, 2.45) is 5.92 Å². The monoisotopic (exact) mass is 308 g/mol. The van der Waals surface area contributed by atoms with Crippen LogP contribution in [0.4, 0.5) is 11.6 Å². The summed E-state index contributed by atoms with van der Waals surface area (Å²) in [6.45, 7) is 5.40. The molecule has 0 saturated heterocycles. The van der Waals surface area contributed by atoms with Gasteiger partial charge in [-0.15, -0.1) is 0 Å². The van der Waals surface area contributed by atoms with Crippen LogP contribution in [0.3, 0.4) is 0 Å². The zero-order valence-corrected chi connectivity index (χ0v) is 14.3. The Bertz CT molecular complexity index is 432. The molecular formula is C16H28N4S. The molecule has 0 spiro atoms. The minimum Gasteiger partial charge on any atom is -0.370 e. The predicted molar refractivity (Wildman–Crippen MR) is 92.3 cm³/mol. The lowest BCUT2D eigenvalue weighted by molar-refractivity contribution is 0.328. The van der Waals surface area contributed by atoms with Gasteiger partial charge in [0.25, 0.3) is 0 Å². The Balaban J connectivity index is 2.03. The van der Waals surface area contributed by atoms with Gasteiger partial charge in [0.1, 0.15) is 11.6 Å². The highest BCUT2D eigenvalue weighted by atomic mass is 32.2. The second-order valence-corrected chi connectivity index (χ2v) is 6.66. The van der Waals surface area contributed by atoms with Gasteiger partial charge in [0.05, 0.1) is 0 Å². The summed E-state index contributed by atoms with van der Waals surface area (Å²) in [4.78, 5) is 9.11. The Labute approximate surface area is 132 Å². The van der Waals surface area contributed by atoms with E-state index in [9.17, 15) is 0 Å². The Morgan fingerprint density at radius 2 is 1.95 bits per heavy atom. The molecule has 0 bridgehead atoms. The van der Waals surface area contributed by atoms with Gasteiger partial charge in [0, 0.05) is 18.7 Å². The van der Waals surface area contributed by atoms with E-state index in [2.05, 4.69) is 34.4 Å². The second kappa shape index (κ2) is 8.47. The summed E-state index contributed by atoms with van der Waals surface area (Å²) in [5, 5.41) is 7.78. The van der Waals surface area contributed by atoms with Crippen LogP contribution < -0.4 is 10.6 Å². The highest BCUT2D eigenvalue weighted by molar-refractivity contribution is 7.98. The summed E-state index contributed by atoms with van der Waals surface area (Å²) < 4.78 is 0. The Kier molecular flexibility index (Phi) is 6.61. The number of aromatic nitrogens is 2. The Morgan fingerprint density at radius 3 is 2.62 bits per heavy atom. The zero-order chi connectivity index (χ0) is 15.1. The molecule has 0 aliphatic heterocycles. The highest BCUT2D eigenvalue weighted by Gasteiger charge is 2.20. The molecular weight excluding hydrogens is 280 g/mol. The summed E-state index contributed by atoms with van der Waals surface area (Å²) in [7, 11) is 0. The van der Waals surface area contributed by atoms with Gasteiger partial charge in [-0.25, -0.2) is 9.97 Å². The number of hydrogen-bond acceptors (Lipinski definition) is 5. The van der Waals surface area contributed by atoms with Crippen LogP contribution in [0.15, 0.2) is 11.2 Å². The molecule has 1 heterocycles. The largest absolute Gasteiger partial charge is 0.370 e. The van der Waals surface area contributed by atoms with Crippen LogP contribution in [0.1, 0.15) is 52.4 Å². The van der Waals surface area contributed by atoms with Gasteiger partial charge in [-0.3, -0.25) is 0 Å². The van der Waals surface area contributed by atoms with E-state index in [4.69, 9.17) is 0 Å². The smallest absolute Gasteiger partial charge is 0.191 e. The lowest BCUT2D eigenvalue weighted by atomic mass is 9.84. The molecule has 0 amide bonds. The van der Waals surface area contributed by atoms with Crippen molar-refractivity contribution in [2.75, 3.05) is 23.4 Å². The molecule has 1 aliphatic carbocycles. The quantitative estimate of drug-likeness (QED) is 0.577. The highest BCUT2D eigenvalue weighted by Crippen LogP contribution is 2.28. The van der Waals surface area contributed by atoms with Crippen molar-refractivity contribution in [1.29, 1.82) is 0 Å². The second-order valence-electron chi connectivity index (χ2n) is 5.88. The van der Waals surface area contributed by atoms with Crippen LogP contribution in [0, 0.1) is 5.92 Å². The van der Waals surface area contributed by atoms with Crippen molar-refractivity contribution in [3.8, 4) is 0 Å². The average Bonchev–Trinajstić information content (AvgIpc) is 2.53. The third-order valence-electron chi connectivity index (χ3n) is 4.18. The summed E-state index contributed by atoms with van der Waals surface area (Å²) in [6, 6.07) is 2.52. The van der Waals surface area contributed by atoms with Crippen LogP contribution in [0.25, 0.3) is 0 Å². The number of anilines is 2. The van der Waals surface area contributed by atoms with E-state index in [1.165, 1.54) is 32.1 Å². The molecule has 1 aromatic heterocycles.